The Balaban J connectivity index is 2.26. The number of hydrogen-bond donors (Lipinski definition) is 2. The zero-order chi connectivity index (χ0) is 18.0. The summed E-state index contributed by atoms with van der Waals surface area (Å²) < 4.78 is 42.4. The van der Waals surface area contributed by atoms with E-state index >= 15 is 0 Å². The van der Waals surface area contributed by atoms with Gasteiger partial charge in [0.1, 0.15) is 0 Å². The number of nitrogens with zero attached hydrogens (tertiary/aromatic N) is 3. The minimum atomic E-state index is -4.38. The van der Waals surface area contributed by atoms with E-state index in [1.807, 2.05) is 7.05 Å². The number of hydrogen-bond acceptors (Lipinski definition) is 5. The van der Waals surface area contributed by atoms with Crippen LogP contribution in [0, 0.1) is 0 Å². The number of ether oxygens (including phenoxy) is 1. The van der Waals surface area contributed by atoms with Crippen molar-refractivity contribution in [1.82, 2.24) is 20.5 Å². The Hall–Kier alpha value is -1.39. The number of rotatable bonds is 9. The van der Waals surface area contributed by atoms with E-state index in [4.69, 9.17) is 4.74 Å². The van der Waals surface area contributed by atoms with Crippen LogP contribution in [0.25, 0.3) is 0 Å². The Morgan fingerprint density at radius 3 is 2.62 bits per heavy atom. The van der Waals surface area contributed by atoms with Crippen LogP contribution in [0.3, 0.4) is 0 Å². The third-order valence-corrected chi connectivity index (χ3v) is 4.07. The van der Waals surface area contributed by atoms with Gasteiger partial charge >= 0.3 is 6.18 Å². The van der Waals surface area contributed by atoms with Crippen LogP contribution < -0.4 is 10.6 Å². The molecule has 0 aliphatic heterocycles. The lowest BCUT2D eigenvalue weighted by Crippen LogP contribution is -2.42. The lowest BCUT2D eigenvalue weighted by Gasteiger charge is -2.17. The molecule has 1 aromatic rings. The number of likely N-dealkylation sites (N-methyl/N-ethyl adjacent to an activating group) is 1. The lowest BCUT2D eigenvalue weighted by atomic mass is 10.4. The molecule has 138 valence electrons. The Labute approximate surface area is 144 Å². The molecule has 0 aliphatic carbocycles. The molecule has 24 heavy (non-hydrogen) atoms. The largest absolute Gasteiger partial charge is 0.434 e. The first-order valence-corrected chi connectivity index (χ1v) is 8.38. The van der Waals surface area contributed by atoms with Crippen molar-refractivity contribution < 1.29 is 17.9 Å². The number of thiazole rings is 1. The summed E-state index contributed by atoms with van der Waals surface area (Å²) in [5.74, 6) is 0.614. The quantitative estimate of drug-likeness (QED) is 0.511. The van der Waals surface area contributed by atoms with Gasteiger partial charge in [0.25, 0.3) is 0 Å². The number of guanidine groups is 1. The molecule has 10 heteroatoms. The monoisotopic (exact) mass is 367 g/mol. The Kier molecular flexibility index (Phi) is 9.01. The van der Waals surface area contributed by atoms with Gasteiger partial charge in [0.2, 0.25) is 0 Å². The topological polar surface area (TPSA) is 61.8 Å². The molecule has 0 aliphatic rings. The van der Waals surface area contributed by atoms with Gasteiger partial charge in [-0.2, -0.15) is 13.2 Å². The van der Waals surface area contributed by atoms with E-state index in [1.165, 1.54) is 0 Å². The van der Waals surface area contributed by atoms with Crippen molar-refractivity contribution in [1.29, 1.82) is 0 Å². The van der Waals surface area contributed by atoms with E-state index < -0.39 is 11.9 Å². The standard InChI is InChI=1S/C14H24F3N5OS/c1-18-13(20-6-7-22(2)8-9-23-3)19-5-4-12-21-11(10-24-12)14(15,16)17/h10H,4-9H2,1-3H3,(H2,18,19,20). The third-order valence-electron chi connectivity index (χ3n) is 3.16. The molecule has 0 saturated heterocycles. The first-order chi connectivity index (χ1) is 11.4. The van der Waals surface area contributed by atoms with Gasteiger partial charge < -0.3 is 20.3 Å². The maximum atomic E-state index is 12.5. The molecule has 0 radical (unpaired) electrons. The first-order valence-electron chi connectivity index (χ1n) is 7.50. The highest BCUT2D eigenvalue weighted by molar-refractivity contribution is 7.09. The van der Waals surface area contributed by atoms with Crippen molar-refractivity contribution >= 4 is 17.3 Å². The smallest absolute Gasteiger partial charge is 0.383 e. The average Bonchev–Trinajstić information content (AvgIpc) is 3.00. The number of aromatic nitrogens is 1. The van der Waals surface area contributed by atoms with E-state index in [0.717, 1.165) is 29.8 Å². The molecule has 2 N–H and O–H groups in total. The van der Waals surface area contributed by atoms with Crippen molar-refractivity contribution in [3.8, 4) is 0 Å². The van der Waals surface area contributed by atoms with Crippen LogP contribution in [0.5, 0.6) is 0 Å². The van der Waals surface area contributed by atoms with Gasteiger partial charge in [-0.25, -0.2) is 4.98 Å². The van der Waals surface area contributed by atoms with Gasteiger partial charge in [-0.05, 0) is 7.05 Å². The fraction of sp³-hybridized carbons (Fsp3) is 0.714. The summed E-state index contributed by atoms with van der Waals surface area (Å²) in [6, 6.07) is 0. The van der Waals surface area contributed by atoms with Crippen molar-refractivity contribution in [3.05, 3.63) is 16.1 Å². The maximum absolute atomic E-state index is 12.5. The summed E-state index contributed by atoms with van der Waals surface area (Å²) in [5, 5.41) is 7.70. The van der Waals surface area contributed by atoms with E-state index in [1.54, 1.807) is 14.2 Å². The van der Waals surface area contributed by atoms with Gasteiger partial charge in [-0.3, -0.25) is 4.99 Å². The van der Waals surface area contributed by atoms with Gasteiger partial charge in [0.15, 0.2) is 11.7 Å². The normalized spacial score (nSPS) is 12.7. The molecule has 0 unspecified atom stereocenters. The van der Waals surface area contributed by atoms with Gasteiger partial charge in [-0.1, -0.05) is 0 Å². The second-order valence-electron chi connectivity index (χ2n) is 5.10. The summed E-state index contributed by atoms with van der Waals surface area (Å²) >= 11 is 1.02. The number of aliphatic imine (C=N–C) groups is 1. The summed E-state index contributed by atoms with van der Waals surface area (Å²) in [6.45, 7) is 3.51. The van der Waals surface area contributed by atoms with Crippen LogP contribution in [-0.4, -0.2) is 69.8 Å². The Morgan fingerprint density at radius 1 is 1.33 bits per heavy atom. The zero-order valence-electron chi connectivity index (χ0n) is 14.1. The average molecular weight is 367 g/mol. The minimum absolute atomic E-state index is 0.412. The highest BCUT2D eigenvalue weighted by atomic mass is 32.1. The summed E-state index contributed by atoms with van der Waals surface area (Å²) in [5.41, 5.74) is -0.830. The summed E-state index contributed by atoms with van der Waals surface area (Å²) in [6.07, 6.45) is -3.97. The molecule has 0 aromatic carbocycles. The SMILES string of the molecule is CN=C(NCCc1nc(C(F)(F)F)cs1)NCCN(C)CCOC. The second kappa shape index (κ2) is 10.5. The number of alkyl halides is 3. The molecule has 0 fully saturated rings. The maximum Gasteiger partial charge on any atom is 0.434 e. The molecule has 0 saturated carbocycles. The van der Waals surface area contributed by atoms with Crippen LogP contribution in [0.15, 0.2) is 10.4 Å². The highest BCUT2D eigenvalue weighted by Gasteiger charge is 2.33. The lowest BCUT2D eigenvalue weighted by molar-refractivity contribution is -0.140. The van der Waals surface area contributed by atoms with Crippen LogP contribution in [0.1, 0.15) is 10.7 Å². The Bertz CT molecular complexity index is 507. The van der Waals surface area contributed by atoms with Gasteiger partial charge in [0, 0.05) is 52.1 Å². The molecule has 6 nitrogen and oxygen atoms in total. The third kappa shape index (κ3) is 7.93. The molecule has 0 spiro atoms. The number of nitrogens with one attached hydrogen (secondary N) is 2. The summed E-state index contributed by atoms with van der Waals surface area (Å²) in [4.78, 5) is 9.79. The van der Waals surface area contributed by atoms with E-state index in [2.05, 4.69) is 25.5 Å². The highest BCUT2D eigenvalue weighted by Crippen LogP contribution is 2.29. The molecule has 1 rings (SSSR count). The molecular formula is C14H24F3N5OS. The van der Waals surface area contributed by atoms with Crippen molar-refractivity contribution in [2.24, 2.45) is 4.99 Å². The van der Waals surface area contributed by atoms with Crippen molar-refractivity contribution in [3.63, 3.8) is 0 Å². The molecule has 0 bridgehead atoms. The van der Waals surface area contributed by atoms with E-state index in [0.29, 0.717) is 37.1 Å². The fourth-order valence-electron chi connectivity index (χ4n) is 1.79. The molecule has 0 amide bonds. The van der Waals surface area contributed by atoms with Crippen LogP contribution in [0.2, 0.25) is 0 Å². The van der Waals surface area contributed by atoms with E-state index in [9.17, 15) is 13.2 Å². The van der Waals surface area contributed by atoms with Gasteiger partial charge in [0.05, 0.1) is 11.6 Å². The zero-order valence-corrected chi connectivity index (χ0v) is 14.9. The van der Waals surface area contributed by atoms with Crippen molar-refractivity contribution in [2.75, 3.05) is 54.0 Å². The molecule has 1 heterocycles. The molecular weight excluding hydrogens is 343 g/mol. The predicted octanol–water partition coefficient (Wildman–Crippen LogP) is 1.45. The van der Waals surface area contributed by atoms with Crippen molar-refractivity contribution in [2.45, 2.75) is 12.6 Å². The molecule has 0 atom stereocenters. The number of halogens is 3. The van der Waals surface area contributed by atoms with Crippen LogP contribution >= 0.6 is 11.3 Å². The molecule has 1 aromatic heterocycles. The fourth-order valence-corrected chi connectivity index (χ4v) is 2.59. The summed E-state index contributed by atoms with van der Waals surface area (Å²) in [7, 11) is 5.31. The van der Waals surface area contributed by atoms with Gasteiger partial charge in [-0.15, -0.1) is 11.3 Å². The van der Waals surface area contributed by atoms with Crippen LogP contribution in [-0.2, 0) is 17.3 Å². The first kappa shape index (κ1) is 20.7. The number of methoxy groups -OCH3 is 1. The predicted molar refractivity (Wildman–Crippen MR) is 89.6 cm³/mol. The van der Waals surface area contributed by atoms with Crippen LogP contribution in [0.4, 0.5) is 13.2 Å². The Morgan fingerprint density at radius 2 is 2.04 bits per heavy atom. The van der Waals surface area contributed by atoms with E-state index in [-0.39, 0.29) is 0 Å². The minimum Gasteiger partial charge on any atom is -0.383 e. The second-order valence-corrected chi connectivity index (χ2v) is 6.04.